The minimum absolute atomic E-state index is 0.470. The molecule has 4 nitrogen and oxygen atoms in total. The fourth-order valence-corrected chi connectivity index (χ4v) is 1.56. The number of ether oxygens (including phenoxy) is 3. The molecule has 0 aliphatic rings. The standard InChI is InChI=1S/C11H12ClNO3/c1-14-7-4-9(15-2)11(8(12)6-13)10(5-7)16-3/h4-5,8H,1-3H3. The van der Waals surface area contributed by atoms with Gasteiger partial charge in [0, 0.05) is 12.1 Å². The highest BCUT2D eigenvalue weighted by molar-refractivity contribution is 6.23. The van der Waals surface area contributed by atoms with Crippen LogP contribution in [0.25, 0.3) is 0 Å². The van der Waals surface area contributed by atoms with E-state index in [-0.39, 0.29) is 0 Å². The van der Waals surface area contributed by atoms with Crippen molar-refractivity contribution >= 4 is 11.6 Å². The van der Waals surface area contributed by atoms with E-state index in [0.29, 0.717) is 22.8 Å². The van der Waals surface area contributed by atoms with E-state index in [1.807, 2.05) is 6.07 Å². The van der Waals surface area contributed by atoms with Gasteiger partial charge < -0.3 is 14.2 Å². The Morgan fingerprint density at radius 1 is 1.12 bits per heavy atom. The zero-order chi connectivity index (χ0) is 12.1. The van der Waals surface area contributed by atoms with E-state index in [2.05, 4.69) is 0 Å². The molecule has 0 amide bonds. The third-order valence-electron chi connectivity index (χ3n) is 2.12. The maximum Gasteiger partial charge on any atom is 0.152 e. The number of rotatable bonds is 4. The molecule has 1 unspecified atom stereocenters. The summed E-state index contributed by atoms with van der Waals surface area (Å²) in [6.07, 6.45) is 0. The van der Waals surface area contributed by atoms with Crippen LogP contribution >= 0.6 is 11.6 Å². The van der Waals surface area contributed by atoms with Crippen molar-refractivity contribution in [3.05, 3.63) is 17.7 Å². The molecule has 0 aliphatic heterocycles. The summed E-state index contributed by atoms with van der Waals surface area (Å²) in [6, 6.07) is 5.25. The van der Waals surface area contributed by atoms with Gasteiger partial charge in [-0.1, -0.05) is 0 Å². The average Bonchev–Trinajstić information content (AvgIpc) is 2.35. The first-order valence-corrected chi connectivity index (χ1v) is 4.95. The smallest absolute Gasteiger partial charge is 0.152 e. The van der Waals surface area contributed by atoms with Crippen LogP contribution in [0.15, 0.2) is 12.1 Å². The molecule has 0 bridgehead atoms. The van der Waals surface area contributed by atoms with Crippen LogP contribution in [0.5, 0.6) is 17.2 Å². The Morgan fingerprint density at radius 3 is 1.94 bits per heavy atom. The second-order valence-corrected chi connectivity index (χ2v) is 3.37. The molecule has 86 valence electrons. The number of halogens is 1. The Kier molecular flexibility index (Phi) is 4.27. The highest BCUT2D eigenvalue weighted by Crippen LogP contribution is 2.40. The van der Waals surface area contributed by atoms with E-state index in [9.17, 15) is 0 Å². The number of hydrogen-bond acceptors (Lipinski definition) is 4. The van der Waals surface area contributed by atoms with Crippen LogP contribution in [0, 0.1) is 11.3 Å². The van der Waals surface area contributed by atoms with Gasteiger partial charge in [-0.15, -0.1) is 11.6 Å². The molecule has 0 aliphatic carbocycles. The van der Waals surface area contributed by atoms with Crippen LogP contribution in [0.4, 0.5) is 0 Å². The van der Waals surface area contributed by atoms with Crippen molar-refractivity contribution < 1.29 is 14.2 Å². The molecule has 0 N–H and O–H groups in total. The lowest BCUT2D eigenvalue weighted by Gasteiger charge is -2.15. The van der Waals surface area contributed by atoms with E-state index < -0.39 is 5.38 Å². The Hall–Kier alpha value is -1.60. The van der Waals surface area contributed by atoms with Crippen LogP contribution in [0.2, 0.25) is 0 Å². The predicted molar refractivity (Wildman–Crippen MR) is 60.3 cm³/mol. The minimum Gasteiger partial charge on any atom is -0.496 e. The molecule has 0 radical (unpaired) electrons. The van der Waals surface area contributed by atoms with Gasteiger partial charge in [0.05, 0.1) is 33.0 Å². The minimum atomic E-state index is -0.823. The number of alkyl halides is 1. The summed E-state index contributed by atoms with van der Waals surface area (Å²) in [5.41, 5.74) is 0.509. The van der Waals surface area contributed by atoms with Gasteiger partial charge in [-0.25, -0.2) is 0 Å². The average molecular weight is 242 g/mol. The van der Waals surface area contributed by atoms with Gasteiger partial charge in [-0.3, -0.25) is 0 Å². The topological polar surface area (TPSA) is 51.5 Å². The molecule has 0 spiro atoms. The van der Waals surface area contributed by atoms with E-state index in [4.69, 9.17) is 31.1 Å². The summed E-state index contributed by atoms with van der Waals surface area (Å²) in [4.78, 5) is 0. The molecular weight excluding hydrogens is 230 g/mol. The van der Waals surface area contributed by atoms with Crippen molar-refractivity contribution in [2.75, 3.05) is 21.3 Å². The van der Waals surface area contributed by atoms with Crippen molar-refractivity contribution in [2.45, 2.75) is 5.38 Å². The van der Waals surface area contributed by atoms with Crippen molar-refractivity contribution in [1.29, 1.82) is 5.26 Å². The van der Waals surface area contributed by atoms with Gasteiger partial charge >= 0.3 is 0 Å². The van der Waals surface area contributed by atoms with Crippen LogP contribution < -0.4 is 14.2 Å². The molecule has 1 aromatic rings. The molecule has 0 saturated heterocycles. The molecule has 16 heavy (non-hydrogen) atoms. The molecule has 0 heterocycles. The zero-order valence-electron chi connectivity index (χ0n) is 9.28. The number of hydrogen-bond donors (Lipinski definition) is 0. The molecule has 0 saturated carbocycles. The van der Waals surface area contributed by atoms with Crippen molar-refractivity contribution in [1.82, 2.24) is 0 Å². The van der Waals surface area contributed by atoms with Crippen LogP contribution in [-0.2, 0) is 0 Å². The molecule has 1 aromatic carbocycles. The molecule has 0 aromatic heterocycles. The third-order valence-corrected chi connectivity index (χ3v) is 2.44. The van der Waals surface area contributed by atoms with Gasteiger partial charge in [-0.05, 0) is 0 Å². The van der Waals surface area contributed by atoms with Gasteiger partial charge in [0.1, 0.15) is 17.2 Å². The Balaban J connectivity index is 3.38. The maximum absolute atomic E-state index is 8.83. The van der Waals surface area contributed by atoms with Crippen molar-refractivity contribution in [3.8, 4) is 23.3 Å². The van der Waals surface area contributed by atoms with E-state index in [1.54, 1.807) is 12.1 Å². The second-order valence-electron chi connectivity index (χ2n) is 2.94. The van der Waals surface area contributed by atoms with Crippen LogP contribution in [-0.4, -0.2) is 21.3 Å². The summed E-state index contributed by atoms with van der Waals surface area (Å²) in [7, 11) is 4.54. The maximum atomic E-state index is 8.83. The summed E-state index contributed by atoms with van der Waals surface area (Å²) >= 11 is 5.89. The molecule has 1 rings (SSSR count). The number of nitriles is 1. The predicted octanol–water partition coefficient (Wildman–Crippen LogP) is 2.52. The largest absolute Gasteiger partial charge is 0.496 e. The van der Waals surface area contributed by atoms with Crippen molar-refractivity contribution in [3.63, 3.8) is 0 Å². The Morgan fingerprint density at radius 2 is 1.62 bits per heavy atom. The summed E-state index contributed by atoms with van der Waals surface area (Å²) in [5, 5.41) is 8.01. The van der Waals surface area contributed by atoms with Crippen LogP contribution in [0.3, 0.4) is 0 Å². The van der Waals surface area contributed by atoms with Gasteiger partial charge in [-0.2, -0.15) is 5.26 Å². The normalized spacial score (nSPS) is 11.4. The molecule has 0 fully saturated rings. The lowest BCUT2D eigenvalue weighted by atomic mass is 10.1. The van der Waals surface area contributed by atoms with E-state index >= 15 is 0 Å². The van der Waals surface area contributed by atoms with E-state index in [1.165, 1.54) is 21.3 Å². The monoisotopic (exact) mass is 241 g/mol. The van der Waals surface area contributed by atoms with Gasteiger partial charge in [0.2, 0.25) is 0 Å². The quantitative estimate of drug-likeness (QED) is 0.760. The Labute approximate surface area is 99.3 Å². The highest BCUT2D eigenvalue weighted by atomic mass is 35.5. The zero-order valence-corrected chi connectivity index (χ0v) is 10.0. The Bertz CT molecular complexity index is 389. The number of nitrogens with zero attached hydrogens (tertiary/aromatic N) is 1. The lowest BCUT2D eigenvalue weighted by Crippen LogP contribution is -1.99. The number of benzene rings is 1. The SMILES string of the molecule is COc1cc(OC)c(C(Cl)C#N)c(OC)c1. The second kappa shape index (κ2) is 5.47. The van der Waals surface area contributed by atoms with Crippen molar-refractivity contribution in [2.24, 2.45) is 0 Å². The fraction of sp³-hybridized carbons (Fsp3) is 0.364. The summed E-state index contributed by atoms with van der Waals surface area (Å²) in [5.74, 6) is 1.52. The first-order chi connectivity index (χ1) is 7.67. The number of methoxy groups -OCH3 is 3. The molecule has 1 atom stereocenters. The van der Waals surface area contributed by atoms with E-state index in [0.717, 1.165) is 0 Å². The molecular formula is C11H12ClNO3. The van der Waals surface area contributed by atoms with Gasteiger partial charge in [0.25, 0.3) is 0 Å². The summed E-state index contributed by atoms with van der Waals surface area (Å²) in [6.45, 7) is 0. The van der Waals surface area contributed by atoms with Crippen LogP contribution in [0.1, 0.15) is 10.9 Å². The molecule has 5 heteroatoms. The lowest BCUT2D eigenvalue weighted by molar-refractivity contribution is 0.370. The first-order valence-electron chi connectivity index (χ1n) is 4.51. The highest BCUT2D eigenvalue weighted by Gasteiger charge is 2.20. The van der Waals surface area contributed by atoms with Gasteiger partial charge in [0.15, 0.2) is 5.38 Å². The third kappa shape index (κ3) is 2.31. The first kappa shape index (κ1) is 12.5. The summed E-state index contributed by atoms with van der Waals surface area (Å²) < 4.78 is 15.4. The fourth-order valence-electron chi connectivity index (χ4n) is 1.35.